The van der Waals surface area contributed by atoms with Crippen molar-refractivity contribution < 1.29 is 21.6 Å². The molecule has 4 nitrogen and oxygen atoms in total. The summed E-state index contributed by atoms with van der Waals surface area (Å²) in [5.41, 5.74) is -2.07. The Hall–Kier alpha value is -0.830. The summed E-state index contributed by atoms with van der Waals surface area (Å²) in [6.07, 6.45) is -4.30. The fourth-order valence-electron chi connectivity index (χ4n) is 2.24. The lowest BCUT2D eigenvalue weighted by molar-refractivity contribution is -0.139. The molecule has 0 amide bonds. The number of alkyl halides is 3. The molecule has 2 rings (SSSR count). The number of benzene rings is 1. The Balaban J connectivity index is 2.45. The van der Waals surface area contributed by atoms with Crippen LogP contribution in [0.25, 0.3) is 0 Å². The zero-order valence-corrected chi connectivity index (χ0v) is 12.7. The third-order valence-corrected chi connectivity index (χ3v) is 5.22. The molecule has 1 fully saturated rings. The van der Waals surface area contributed by atoms with E-state index in [0.717, 1.165) is 12.1 Å². The van der Waals surface area contributed by atoms with Crippen molar-refractivity contribution in [3.63, 3.8) is 0 Å². The van der Waals surface area contributed by atoms with E-state index in [0.29, 0.717) is 25.6 Å². The summed E-state index contributed by atoms with van der Waals surface area (Å²) >= 11 is 5.55. The maximum Gasteiger partial charge on any atom is 0.417 e. The minimum atomic E-state index is -4.80. The predicted octanol–water partition coefficient (Wildman–Crippen LogP) is 2.39. The molecule has 1 unspecified atom stereocenters. The average Bonchev–Trinajstić information content (AvgIpc) is 2.73. The molecule has 1 aliphatic rings. The highest BCUT2D eigenvalue weighted by Gasteiger charge is 2.40. The first-order valence-electron chi connectivity index (χ1n) is 6.15. The Bertz CT molecular complexity index is 640. The van der Waals surface area contributed by atoms with Crippen molar-refractivity contribution >= 4 is 21.6 Å². The lowest BCUT2D eigenvalue weighted by atomic mass is 10.0. The Morgan fingerprint density at radius 1 is 1.38 bits per heavy atom. The third-order valence-electron chi connectivity index (χ3n) is 3.29. The summed E-state index contributed by atoms with van der Waals surface area (Å²) < 4.78 is 65.9. The monoisotopic (exact) mass is 342 g/mol. The first-order chi connectivity index (χ1) is 9.54. The summed E-state index contributed by atoms with van der Waals surface area (Å²) in [5, 5.41) is 2.80. The normalized spacial score (nSPS) is 23.5. The Kier molecular flexibility index (Phi) is 4.27. The predicted molar refractivity (Wildman–Crippen MR) is 72.7 cm³/mol. The summed E-state index contributed by atoms with van der Waals surface area (Å²) in [5.74, 6) is 0. The maximum absolute atomic E-state index is 13.0. The molecule has 1 aromatic rings. The number of hydrogen-bond acceptors (Lipinski definition) is 3. The van der Waals surface area contributed by atoms with Gasteiger partial charge in [0.2, 0.25) is 10.0 Å². The molecule has 1 aliphatic heterocycles. The van der Waals surface area contributed by atoms with Crippen LogP contribution in [0.1, 0.15) is 18.9 Å². The van der Waals surface area contributed by atoms with E-state index in [4.69, 9.17) is 11.6 Å². The van der Waals surface area contributed by atoms with Gasteiger partial charge in [-0.15, -0.1) is 0 Å². The standard InChI is InChI=1S/C12H14ClF3N2O2S/c1-11(4-5-17-7-11)18-21(19,20)10-3-2-8(13)6-9(10)12(14,15)16/h2-3,6,17-18H,4-5,7H2,1H3. The van der Waals surface area contributed by atoms with Crippen LogP contribution in [-0.4, -0.2) is 27.0 Å². The van der Waals surface area contributed by atoms with Gasteiger partial charge in [-0.1, -0.05) is 11.6 Å². The molecule has 1 atom stereocenters. The highest BCUT2D eigenvalue weighted by atomic mass is 35.5. The SMILES string of the molecule is CC1(NS(=O)(=O)c2ccc(Cl)cc2C(F)(F)F)CCNC1. The van der Waals surface area contributed by atoms with Gasteiger partial charge >= 0.3 is 6.18 Å². The van der Waals surface area contributed by atoms with E-state index in [2.05, 4.69) is 10.0 Å². The second-order valence-electron chi connectivity index (χ2n) is 5.23. The highest BCUT2D eigenvalue weighted by molar-refractivity contribution is 7.89. The van der Waals surface area contributed by atoms with Crippen LogP contribution in [0.5, 0.6) is 0 Å². The molecule has 9 heteroatoms. The van der Waals surface area contributed by atoms with E-state index in [1.807, 2.05) is 0 Å². The molecule has 21 heavy (non-hydrogen) atoms. The van der Waals surface area contributed by atoms with Gasteiger partial charge in [-0.3, -0.25) is 0 Å². The molecule has 118 valence electrons. The fraction of sp³-hybridized carbons (Fsp3) is 0.500. The van der Waals surface area contributed by atoms with Gasteiger partial charge in [0.1, 0.15) is 0 Å². The highest BCUT2D eigenvalue weighted by Crippen LogP contribution is 2.36. The Morgan fingerprint density at radius 3 is 2.57 bits per heavy atom. The molecule has 0 spiro atoms. The average molecular weight is 343 g/mol. The van der Waals surface area contributed by atoms with Crippen molar-refractivity contribution in [3.8, 4) is 0 Å². The molecule has 1 heterocycles. The maximum atomic E-state index is 13.0. The largest absolute Gasteiger partial charge is 0.417 e. The number of nitrogens with one attached hydrogen (secondary N) is 2. The van der Waals surface area contributed by atoms with Crippen molar-refractivity contribution in [3.05, 3.63) is 28.8 Å². The zero-order chi connectivity index (χ0) is 15.9. The molecule has 0 radical (unpaired) electrons. The number of sulfonamides is 1. The van der Waals surface area contributed by atoms with Crippen LogP contribution in [0.15, 0.2) is 23.1 Å². The van der Waals surface area contributed by atoms with E-state index in [1.54, 1.807) is 6.92 Å². The van der Waals surface area contributed by atoms with E-state index in [9.17, 15) is 21.6 Å². The zero-order valence-electron chi connectivity index (χ0n) is 11.1. The molecule has 0 saturated carbocycles. The molecule has 0 aromatic heterocycles. The van der Waals surface area contributed by atoms with Crippen LogP contribution < -0.4 is 10.0 Å². The first kappa shape index (κ1) is 16.5. The van der Waals surface area contributed by atoms with Gasteiger partial charge in [0.05, 0.1) is 10.5 Å². The first-order valence-corrected chi connectivity index (χ1v) is 8.01. The minimum Gasteiger partial charge on any atom is -0.315 e. The third kappa shape index (κ3) is 3.68. The van der Waals surface area contributed by atoms with Crippen molar-refractivity contribution in [1.29, 1.82) is 0 Å². The second kappa shape index (κ2) is 5.42. The minimum absolute atomic E-state index is 0.171. The molecule has 2 N–H and O–H groups in total. The Morgan fingerprint density at radius 2 is 2.05 bits per heavy atom. The van der Waals surface area contributed by atoms with Crippen LogP contribution in [0.4, 0.5) is 13.2 Å². The second-order valence-corrected chi connectivity index (χ2v) is 7.32. The van der Waals surface area contributed by atoms with Crippen molar-refractivity contribution in [1.82, 2.24) is 10.0 Å². The van der Waals surface area contributed by atoms with E-state index in [1.165, 1.54) is 0 Å². The molecule has 0 bridgehead atoms. The van der Waals surface area contributed by atoms with Crippen LogP contribution in [-0.2, 0) is 16.2 Å². The number of rotatable bonds is 3. The van der Waals surface area contributed by atoms with Gasteiger partial charge in [0.15, 0.2) is 0 Å². The molecule has 1 saturated heterocycles. The quantitative estimate of drug-likeness (QED) is 0.886. The lowest BCUT2D eigenvalue weighted by Gasteiger charge is -2.25. The number of halogens is 4. The summed E-state index contributed by atoms with van der Waals surface area (Å²) in [4.78, 5) is -0.812. The van der Waals surface area contributed by atoms with Crippen LogP contribution in [0.2, 0.25) is 5.02 Å². The van der Waals surface area contributed by atoms with Gasteiger partial charge in [-0.2, -0.15) is 13.2 Å². The van der Waals surface area contributed by atoms with Crippen molar-refractivity contribution in [2.24, 2.45) is 0 Å². The topological polar surface area (TPSA) is 58.2 Å². The van der Waals surface area contributed by atoms with Gasteiger partial charge < -0.3 is 5.32 Å². The van der Waals surface area contributed by atoms with Gasteiger partial charge in [-0.05, 0) is 38.1 Å². The Labute approximate surface area is 125 Å². The summed E-state index contributed by atoms with van der Waals surface area (Å²) in [7, 11) is -4.30. The van der Waals surface area contributed by atoms with E-state index < -0.39 is 32.2 Å². The number of hydrogen-bond donors (Lipinski definition) is 2. The van der Waals surface area contributed by atoms with Crippen LogP contribution in [0.3, 0.4) is 0 Å². The fourth-order valence-corrected chi connectivity index (χ4v) is 4.06. The molecular weight excluding hydrogens is 329 g/mol. The van der Waals surface area contributed by atoms with Crippen molar-refractivity contribution in [2.75, 3.05) is 13.1 Å². The summed E-state index contributed by atoms with van der Waals surface area (Å²) in [6, 6.07) is 2.62. The van der Waals surface area contributed by atoms with Gasteiger partial charge in [-0.25, -0.2) is 13.1 Å². The van der Waals surface area contributed by atoms with Gasteiger partial charge in [0.25, 0.3) is 0 Å². The van der Waals surface area contributed by atoms with Crippen LogP contribution in [0, 0.1) is 0 Å². The smallest absolute Gasteiger partial charge is 0.315 e. The van der Waals surface area contributed by atoms with E-state index in [-0.39, 0.29) is 5.02 Å². The van der Waals surface area contributed by atoms with Crippen LogP contribution >= 0.6 is 11.6 Å². The summed E-state index contributed by atoms with van der Waals surface area (Å²) in [6.45, 7) is 2.61. The molecule has 0 aliphatic carbocycles. The van der Waals surface area contributed by atoms with Gasteiger partial charge in [0, 0.05) is 17.1 Å². The van der Waals surface area contributed by atoms with E-state index >= 15 is 0 Å². The van der Waals surface area contributed by atoms with Crippen molar-refractivity contribution in [2.45, 2.75) is 30.0 Å². The molecule has 1 aromatic carbocycles. The molecular formula is C12H14ClF3N2O2S. The lowest BCUT2D eigenvalue weighted by Crippen LogP contribution is -2.47.